The largest absolute Gasteiger partial charge is 0.396 e. The standard InChI is InChI=1S/C9H21N3O/c1-4-9(3,6-7-13)12-8(10)11-5-2/h13H,4-7H2,1-3H3,(H3,10,11,12). The zero-order valence-electron chi connectivity index (χ0n) is 8.80. The number of aliphatic hydroxyl groups is 1. The number of nitrogens with two attached hydrogens (primary N) is 1. The summed E-state index contributed by atoms with van der Waals surface area (Å²) in [5.41, 5.74) is 5.49. The molecule has 0 aromatic heterocycles. The van der Waals surface area contributed by atoms with Crippen LogP contribution in [0.25, 0.3) is 0 Å². The van der Waals surface area contributed by atoms with Gasteiger partial charge in [-0.1, -0.05) is 6.92 Å². The first kappa shape index (κ1) is 12.2. The van der Waals surface area contributed by atoms with Crippen molar-refractivity contribution in [3.05, 3.63) is 0 Å². The van der Waals surface area contributed by atoms with Gasteiger partial charge in [-0.15, -0.1) is 0 Å². The molecule has 0 fully saturated rings. The Kier molecular flexibility index (Phi) is 5.46. The number of hydrogen-bond acceptors (Lipinski definition) is 2. The lowest BCUT2D eigenvalue weighted by Crippen LogP contribution is -2.49. The first-order chi connectivity index (χ1) is 6.08. The van der Waals surface area contributed by atoms with Gasteiger partial charge in [0.25, 0.3) is 0 Å². The van der Waals surface area contributed by atoms with Gasteiger partial charge in [-0.25, -0.2) is 0 Å². The van der Waals surface area contributed by atoms with Gasteiger partial charge < -0.3 is 16.2 Å². The minimum Gasteiger partial charge on any atom is -0.396 e. The fraction of sp³-hybridized carbons (Fsp3) is 0.889. The van der Waals surface area contributed by atoms with E-state index in [2.05, 4.69) is 17.2 Å². The fourth-order valence-electron chi connectivity index (χ4n) is 1.09. The lowest BCUT2D eigenvalue weighted by atomic mass is 9.95. The molecular formula is C9H21N3O. The van der Waals surface area contributed by atoms with Crippen molar-refractivity contribution in [2.45, 2.75) is 39.2 Å². The van der Waals surface area contributed by atoms with E-state index in [0.29, 0.717) is 18.9 Å². The van der Waals surface area contributed by atoms with E-state index in [9.17, 15) is 0 Å². The second kappa shape index (κ2) is 5.80. The van der Waals surface area contributed by atoms with Gasteiger partial charge in [0.2, 0.25) is 0 Å². The van der Waals surface area contributed by atoms with Gasteiger partial charge in [0.1, 0.15) is 0 Å². The molecule has 0 aliphatic rings. The monoisotopic (exact) mass is 187 g/mol. The second-order valence-corrected chi connectivity index (χ2v) is 3.37. The Balaban J connectivity index is 4.17. The highest BCUT2D eigenvalue weighted by molar-refractivity contribution is 5.78. The molecule has 0 aromatic rings. The predicted octanol–water partition coefficient (Wildman–Crippen LogP) is 0.462. The third-order valence-electron chi connectivity index (χ3n) is 2.20. The van der Waals surface area contributed by atoms with Crippen molar-refractivity contribution in [1.82, 2.24) is 5.32 Å². The summed E-state index contributed by atoms with van der Waals surface area (Å²) < 4.78 is 0. The van der Waals surface area contributed by atoms with E-state index in [-0.39, 0.29) is 12.1 Å². The van der Waals surface area contributed by atoms with Crippen LogP contribution in [0, 0.1) is 0 Å². The van der Waals surface area contributed by atoms with Crippen LogP contribution in [0.15, 0.2) is 4.99 Å². The molecule has 0 bridgehead atoms. The van der Waals surface area contributed by atoms with Crippen LogP contribution in [0.2, 0.25) is 0 Å². The molecule has 1 atom stereocenters. The Hall–Kier alpha value is -0.770. The molecule has 0 radical (unpaired) electrons. The maximum atomic E-state index is 8.86. The molecule has 0 heterocycles. The molecule has 0 saturated heterocycles. The predicted molar refractivity (Wildman–Crippen MR) is 55.7 cm³/mol. The van der Waals surface area contributed by atoms with Crippen LogP contribution in [-0.4, -0.2) is 29.8 Å². The molecular weight excluding hydrogens is 166 g/mol. The lowest BCUT2D eigenvalue weighted by Gasteiger charge is -2.29. The van der Waals surface area contributed by atoms with E-state index in [1.165, 1.54) is 0 Å². The molecule has 0 aliphatic heterocycles. The SMILES string of the molecule is CCN=C(N)NC(C)(CC)CCO. The Morgan fingerprint density at radius 1 is 1.54 bits per heavy atom. The first-order valence-corrected chi connectivity index (χ1v) is 4.77. The Morgan fingerprint density at radius 2 is 2.15 bits per heavy atom. The van der Waals surface area contributed by atoms with E-state index >= 15 is 0 Å². The summed E-state index contributed by atoms with van der Waals surface area (Å²) in [4.78, 5) is 4.04. The van der Waals surface area contributed by atoms with E-state index < -0.39 is 0 Å². The maximum Gasteiger partial charge on any atom is 0.188 e. The molecule has 13 heavy (non-hydrogen) atoms. The number of hydrogen-bond donors (Lipinski definition) is 3. The van der Waals surface area contributed by atoms with Crippen LogP contribution >= 0.6 is 0 Å². The van der Waals surface area contributed by atoms with Gasteiger partial charge in [0.15, 0.2) is 5.96 Å². The fourth-order valence-corrected chi connectivity index (χ4v) is 1.09. The second-order valence-electron chi connectivity index (χ2n) is 3.37. The Morgan fingerprint density at radius 3 is 2.54 bits per heavy atom. The molecule has 0 saturated carbocycles. The van der Waals surface area contributed by atoms with Gasteiger partial charge in [-0.3, -0.25) is 4.99 Å². The summed E-state index contributed by atoms with van der Waals surface area (Å²) in [6.07, 6.45) is 1.59. The van der Waals surface area contributed by atoms with Crippen molar-refractivity contribution in [2.75, 3.05) is 13.2 Å². The molecule has 0 spiro atoms. The summed E-state index contributed by atoms with van der Waals surface area (Å²) >= 11 is 0. The number of rotatable bonds is 5. The molecule has 78 valence electrons. The minimum atomic E-state index is -0.141. The molecule has 4 N–H and O–H groups in total. The number of aliphatic hydroxyl groups excluding tert-OH is 1. The van der Waals surface area contributed by atoms with Crippen LogP contribution in [0.1, 0.15) is 33.6 Å². The average molecular weight is 187 g/mol. The van der Waals surface area contributed by atoms with Gasteiger partial charge in [0, 0.05) is 18.7 Å². The van der Waals surface area contributed by atoms with Gasteiger partial charge in [-0.2, -0.15) is 0 Å². The van der Waals surface area contributed by atoms with Gasteiger partial charge in [-0.05, 0) is 26.7 Å². The summed E-state index contributed by atoms with van der Waals surface area (Å²) in [6, 6.07) is 0. The summed E-state index contributed by atoms with van der Waals surface area (Å²) in [6.45, 7) is 6.86. The number of aliphatic imine (C=N–C) groups is 1. The van der Waals surface area contributed by atoms with Crippen molar-refractivity contribution in [3.8, 4) is 0 Å². The van der Waals surface area contributed by atoms with E-state index in [4.69, 9.17) is 10.8 Å². The van der Waals surface area contributed by atoms with Gasteiger partial charge in [0.05, 0.1) is 0 Å². The zero-order valence-corrected chi connectivity index (χ0v) is 8.80. The van der Waals surface area contributed by atoms with Gasteiger partial charge >= 0.3 is 0 Å². The van der Waals surface area contributed by atoms with Crippen molar-refractivity contribution in [1.29, 1.82) is 0 Å². The van der Waals surface area contributed by atoms with Crippen LogP contribution in [0.3, 0.4) is 0 Å². The maximum absolute atomic E-state index is 8.86. The van der Waals surface area contributed by atoms with Crippen LogP contribution in [0.4, 0.5) is 0 Å². The number of guanidine groups is 1. The molecule has 0 aromatic carbocycles. The molecule has 1 unspecified atom stereocenters. The molecule has 4 nitrogen and oxygen atoms in total. The van der Waals surface area contributed by atoms with Crippen molar-refractivity contribution < 1.29 is 5.11 Å². The van der Waals surface area contributed by atoms with Crippen molar-refractivity contribution in [2.24, 2.45) is 10.7 Å². The van der Waals surface area contributed by atoms with Crippen LogP contribution in [0.5, 0.6) is 0 Å². The highest BCUT2D eigenvalue weighted by Crippen LogP contribution is 2.12. The molecule has 0 rings (SSSR count). The van der Waals surface area contributed by atoms with E-state index in [1.54, 1.807) is 0 Å². The summed E-state index contributed by atoms with van der Waals surface area (Å²) in [7, 11) is 0. The Bertz CT molecular complexity index is 170. The molecule has 4 heteroatoms. The highest BCUT2D eigenvalue weighted by atomic mass is 16.3. The van der Waals surface area contributed by atoms with Crippen LogP contribution in [-0.2, 0) is 0 Å². The minimum absolute atomic E-state index is 0.141. The molecule has 0 aliphatic carbocycles. The Labute approximate surface area is 80.2 Å². The lowest BCUT2D eigenvalue weighted by molar-refractivity contribution is 0.231. The normalized spacial score (nSPS) is 16.8. The van der Waals surface area contributed by atoms with Crippen LogP contribution < -0.4 is 11.1 Å². The summed E-state index contributed by atoms with van der Waals surface area (Å²) in [5, 5.41) is 12.0. The van der Waals surface area contributed by atoms with Crippen molar-refractivity contribution in [3.63, 3.8) is 0 Å². The van der Waals surface area contributed by atoms with Crippen molar-refractivity contribution >= 4 is 5.96 Å². The third kappa shape index (κ3) is 4.72. The number of nitrogens with one attached hydrogen (secondary N) is 1. The smallest absolute Gasteiger partial charge is 0.188 e. The third-order valence-corrected chi connectivity index (χ3v) is 2.20. The summed E-state index contributed by atoms with van der Waals surface area (Å²) in [5.74, 6) is 0.459. The first-order valence-electron chi connectivity index (χ1n) is 4.77. The topological polar surface area (TPSA) is 70.6 Å². The zero-order chi connectivity index (χ0) is 10.3. The molecule has 0 amide bonds. The highest BCUT2D eigenvalue weighted by Gasteiger charge is 2.21. The number of nitrogens with zero attached hydrogens (tertiary/aromatic N) is 1. The van der Waals surface area contributed by atoms with E-state index in [1.807, 2.05) is 13.8 Å². The van der Waals surface area contributed by atoms with E-state index in [0.717, 1.165) is 6.42 Å². The quantitative estimate of drug-likeness (QED) is 0.432. The average Bonchev–Trinajstić information content (AvgIpc) is 2.05.